The monoisotopic (exact) mass is 320 g/mol. The summed E-state index contributed by atoms with van der Waals surface area (Å²) in [6.45, 7) is 0.353. The number of carbonyl (C=O) groups excluding carboxylic acids is 1. The van der Waals surface area contributed by atoms with Crippen molar-refractivity contribution < 1.29 is 9.53 Å². The number of ether oxygens (including phenoxy) is 1. The number of benzene rings is 2. The minimum absolute atomic E-state index is 0.223. The topological polar surface area (TPSA) is 26.3 Å². The van der Waals surface area contributed by atoms with Gasteiger partial charge in [-0.3, -0.25) is 4.79 Å². The van der Waals surface area contributed by atoms with Crippen LogP contribution >= 0.6 is 23.2 Å². The summed E-state index contributed by atoms with van der Waals surface area (Å²) in [5, 5.41) is 1.27. The van der Waals surface area contributed by atoms with Crippen LogP contribution in [0.2, 0.25) is 10.0 Å². The van der Waals surface area contributed by atoms with Crippen molar-refractivity contribution in [3.05, 3.63) is 63.1 Å². The fourth-order valence-electron chi connectivity index (χ4n) is 2.53. The van der Waals surface area contributed by atoms with E-state index in [1.807, 2.05) is 18.2 Å². The first-order valence-corrected chi connectivity index (χ1v) is 7.62. The predicted octanol–water partition coefficient (Wildman–Crippen LogP) is 5.09. The summed E-state index contributed by atoms with van der Waals surface area (Å²) in [5.41, 5.74) is 2.74. The zero-order chi connectivity index (χ0) is 14.8. The molecule has 0 spiro atoms. The van der Waals surface area contributed by atoms with E-state index >= 15 is 0 Å². The summed E-state index contributed by atoms with van der Waals surface area (Å²) in [4.78, 5) is 11.8. The summed E-state index contributed by atoms with van der Waals surface area (Å²) < 4.78 is 5.77. The molecular formula is C17H14Cl2O2. The molecule has 0 bridgehead atoms. The smallest absolute Gasteiger partial charge is 0.163 e. The molecule has 0 saturated heterocycles. The lowest BCUT2D eigenvalue weighted by Gasteiger charge is -2.16. The van der Waals surface area contributed by atoms with Crippen molar-refractivity contribution in [3.63, 3.8) is 0 Å². The van der Waals surface area contributed by atoms with Gasteiger partial charge in [0.25, 0.3) is 0 Å². The van der Waals surface area contributed by atoms with Gasteiger partial charge in [-0.1, -0.05) is 23.2 Å². The summed E-state index contributed by atoms with van der Waals surface area (Å²) in [5.74, 6) is 0.972. The summed E-state index contributed by atoms with van der Waals surface area (Å²) in [6.07, 6.45) is 2.48. The first-order chi connectivity index (χ1) is 10.1. The van der Waals surface area contributed by atoms with Gasteiger partial charge in [-0.25, -0.2) is 0 Å². The van der Waals surface area contributed by atoms with Crippen molar-refractivity contribution >= 4 is 29.0 Å². The van der Waals surface area contributed by atoms with Gasteiger partial charge in [-0.15, -0.1) is 0 Å². The van der Waals surface area contributed by atoms with E-state index in [2.05, 4.69) is 0 Å². The normalized spacial score (nSPS) is 13.9. The van der Waals surface area contributed by atoms with Crippen molar-refractivity contribution in [2.45, 2.75) is 25.9 Å². The van der Waals surface area contributed by atoms with Gasteiger partial charge in [0.15, 0.2) is 5.78 Å². The lowest BCUT2D eigenvalue weighted by molar-refractivity contribution is 0.0972. The van der Waals surface area contributed by atoms with E-state index in [1.54, 1.807) is 18.2 Å². The molecule has 2 aromatic carbocycles. The highest BCUT2D eigenvalue weighted by atomic mass is 35.5. The summed E-state index contributed by atoms with van der Waals surface area (Å²) in [6, 6.07) is 10.9. The molecular weight excluding hydrogens is 307 g/mol. The second kappa shape index (κ2) is 6.08. The fourth-order valence-corrected chi connectivity index (χ4v) is 2.89. The highest BCUT2D eigenvalue weighted by Gasteiger charge is 2.17. The lowest BCUT2D eigenvalue weighted by atomic mass is 9.90. The second-order valence-corrected chi connectivity index (χ2v) is 5.96. The Kier molecular flexibility index (Phi) is 4.18. The Bertz CT molecular complexity index is 695. The van der Waals surface area contributed by atoms with Crippen LogP contribution in [0.3, 0.4) is 0 Å². The minimum atomic E-state index is 0.223. The van der Waals surface area contributed by atoms with Crippen molar-refractivity contribution in [1.82, 2.24) is 0 Å². The first-order valence-electron chi connectivity index (χ1n) is 6.86. The molecule has 108 valence electrons. The molecule has 4 heteroatoms. The highest BCUT2D eigenvalue weighted by Crippen LogP contribution is 2.27. The minimum Gasteiger partial charge on any atom is -0.489 e. The molecule has 0 saturated carbocycles. The first kappa shape index (κ1) is 14.4. The zero-order valence-corrected chi connectivity index (χ0v) is 12.9. The molecule has 0 amide bonds. The zero-order valence-electron chi connectivity index (χ0n) is 11.4. The maximum Gasteiger partial charge on any atom is 0.163 e. The van der Waals surface area contributed by atoms with Crippen LogP contribution in [0.5, 0.6) is 5.75 Å². The fraction of sp³-hybridized carbons (Fsp3) is 0.235. The quantitative estimate of drug-likeness (QED) is 0.787. The van der Waals surface area contributed by atoms with Crippen LogP contribution < -0.4 is 4.74 Å². The molecule has 0 aliphatic heterocycles. The standard InChI is InChI=1S/C17H14Cl2O2/c18-13-4-7-16(19)12(8-13)10-21-14-5-6-15-11(9-14)2-1-3-17(15)20/h4-9H,1-3,10H2. The van der Waals surface area contributed by atoms with Gasteiger partial charge in [0.1, 0.15) is 12.4 Å². The van der Waals surface area contributed by atoms with Gasteiger partial charge >= 0.3 is 0 Å². The van der Waals surface area contributed by atoms with Gasteiger partial charge in [0.2, 0.25) is 0 Å². The molecule has 1 aliphatic rings. The Morgan fingerprint density at radius 3 is 2.76 bits per heavy atom. The van der Waals surface area contributed by atoms with Gasteiger partial charge in [0.05, 0.1) is 0 Å². The number of carbonyl (C=O) groups is 1. The number of ketones is 1. The molecule has 2 nitrogen and oxygen atoms in total. The number of hydrogen-bond acceptors (Lipinski definition) is 2. The summed E-state index contributed by atoms with van der Waals surface area (Å²) in [7, 11) is 0. The van der Waals surface area contributed by atoms with Crippen LogP contribution in [0.1, 0.15) is 34.3 Å². The number of aryl methyl sites for hydroxylation is 1. The van der Waals surface area contributed by atoms with Crippen LogP contribution in [0.4, 0.5) is 0 Å². The van der Waals surface area contributed by atoms with Crippen molar-refractivity contribution in [2.75, 3.05) is 0 Å². The maximum atomic E-state index is 11.8. The van der Waals surface area contributed by atoms with E-state index in [1.165, 1.54) is 0 Å². The number of hydrogen-bond donors (Lipinski definition) is 0. The third-order valence-corrected chi connectivity index (χ3v) is 4.23. The van der Waals surface area contributed by atoms with Gasteiger partial charge in [-0.05, 0) is 54.8 Å². The van der Waals surface area contributed by atoms with Crippen LogP contribution in [0.25, 0.3) is 0 Å². The SMILES string of the molecule is O=C1CCCc2cc(OCc3cc(Cl)ccc3Cl)ccc21. The third-order valence-electron chi connectivity index (χ3n) is 3.63. The molecule has 0 heterocycles. The van der Waals surface area contributed by atoms with E-state index in [0.29, 0.717) is 23.1 Å². The van der Waals surface area contributed by atoms with Gasteiger partial charge < -0.3 is 4.74 Å². The molecule has 2 aromatic rings. The molecule has 0 fully saturated rings. The predicted molar refractivity (Wildman–Crippen MR) is 84.5 cm³/mol. The van der Waals surface area contributed by atoms with E-state index in [4.69, 9.17) is 27.9 Å². The van der Waals surface area contributed by atoms with E-state index in [0.717, 1.165) is 35.3 Å². The molecule has 3 rings (SSSR count). The van der Waals surface area contributed by atoms with Crippen LogP contribution in [-0.2, 0) is 13.0 Å². The number of fused-ring (bicyclic) bond motifs is 1. The third kappa shape index (κ3) is 3.22. The lowest BCUT2D eigenvalue weighted by Crippen LogP contribution is -2.10. The van der Waals surface area contributed by atoms with Crippen LogP contribution in [0.15, 0.2) is 36.4 Å². The number of halogens is 2. The largest absolute Gasteiger partial charge is 0.489 e. The Morgan fingerprint density at radius 2 is 1.90 bits per heavy atom. The molecule has 1 aliphatic carbocycles. The molecule has 0 N–H and O–H groups in total. The maximum absolute atomic E-state index is 11.8. The van der Waals surface area contributed by atoms with E-state index in [-0.39, 0.29) is 5.78 Å². The highest BCUT2D eigenvalue weighted by molar-refractivity contribution is 6.33. The van der Waals surface area contributed by atoms with Crippen molar-refractivity contribution in [2.24, 2.45) is 0 Å². The van der Waals surface area contributed by atoms with E-state index < -0.39 is 0 Å². The van der Waals surface area contributed by atoms with Gasteiger partial charge in [-0.2, -0.15) is 0 Å². The number of Topliss-reactive ketones (excluding diaryl/α,β-unsaturated/α-hetero) is 1. The van der Waals surface area contributed by atoms with Crippen molar-refractivity contribution in [1.29, 1.82) is 0 Å². The molecule has 0 unspecified atom stereocenters. The van der Waals surface area contributed by atoms with Crippen LogP contribution in [0, 0.1) is 0 Å². The summed E-state index contributed by atoms with van der Waals surface area (Å²) >= 11 is 12.1. The van der Waals surface area contributed by atoms with Crippen molar-refractivity contribution in [3.8, 4) is 5.75 Å². The average molecular weight is 321 g/mol. The van der Waals surface area contributed by atoms with E-state index in [9.17, 15) is 4.79 Å². The Labute approximate surface area is 133 Å². The second-order valence-electron chi connectivity index (χ2n) is 5.12. The Balaban J connectivity index is 1.77. The molecule has 0 radical (unpaired) electrons. The number of rotatable bonds is 3. The molecule has 0 atom stereocenters. The Morgan fingerprint density at radius 1 is 1.05 bits per heavy atom. The van der Waals surface area contributed by atoms with Crippen LogP contribution in [-0.4, -0.2) is 5.78 Å². The van der Waals surface area contributed by atoms with Gasteiger partial charge in [0, 0.05) is 27.6 Å². The average Bonchev–Trinajstić information content (AvgIpc) is 2.48. The molecule has 21 heavy (non-hydrogen) atoms. The Hall–Kier alpha value is -1.51. The molecule has 0 aromatic heterocycles.